The third kappa shape index (κ3) is 4.09. The fraction of sp³-hybridized carbons (Fsp3) is 0.238. The van der Waals surface area contributed by atoms with Crippen molar-refractivity contribution in [3.63, 3.8) is 0 Å². The van der Waals surface area contributed by atoms with Crippen molar-refractivity contribution in [1.29, 1.82) is 0 Å². The van der Waals surface area contributed by atoms with Crippen LogP contribution in [0.25, 0.3) is 10.9 Å². The van der Waals surface area contributed by atoms with E-state index in [2.05, 4.69) is 15.6 Å². The zero-order valence-corrected chi connectivity index (χ0v) is 16.8. The third-order valence-corrected chi connectivity index (χ3v) is 5.31. The van der Waals surface area contributed by atoms with E-state index in [1.54, 1.807) is 24.3 Å². The molecule has 0 spiro atoms. The number of primary amides is 1. The molecule has 0 unspecified atom stereocenters. The van der Waals surface area contributed by atoms with Crippen LogP contribution in [0.2, 0.25) is 0 Å². The number of carbonyl (C=O) groups excluding carboxylic acids is 3. The van der Waals surface area contributed by atoms with Gasteiger partial charge in [0.2, 0.25) is 5.91 Å². The quantitative estimate of drug-likeness (QED) is 0.574. The molecule has 1 aromatic carbocycles. The summed E-state index contributed by atoms with van der Waals surface area (Å²) in [5.41, 5.74) is 6.40. The van der Waals surface area contributed by atoms with Gasteiger partial charge in [0, 0.05) is 36.3 Å². The Kier molecular flexibility index (Phi) is 5.71. The van der Waals surface area contributed by atoms with Crippen LogP contribution in [-0.4, -0.2) is 51.2 Å². The minimum absolute atomic E-state index is 0.123. The number of alkyl halides is 1. The summed E-state index contributed by atoms with van der Waals surface area (Å²) in [6.45, 7) is -0.399. The molecule has 0 saturated carbocycles. The first-order valence-corrected chi connectivity index (χ1v) is 9.83. The van der Waals surface area contributed by atoms with Crippen molar-refractivity contribution < 1.29 is 23.2 Å². The van der Waals surface area contributed by atoms with Crippen molar-refractivity contribution in [3.8, 4) is 0 Å². The average molecular weight is 442 g/mol. The monoisotopic (exact) mass is 442 g/mol. The Balaban J connectivity index is 1.50. The number of hydrogen-bond donors (Lipinski definition) is 3. The zero-order chi connectivity index (χ0) is 22.8. The maximum atomic E-state index is 14.1. The van der Waals surface area contributed by atoms with Crippen LogP contribution in [0.15, 0.2) is 48.9 Å². The van der Waals surface area contributed by atoms with Crippen molar-refractivity contribution in [1.82, 2.24) is 19.8 Å². The van der Waals surface area contributed by atoms with Crippen molar-refractivity contribution in [2.45, 2.75) is 25.2 Å². The number of pyridine rings is 1. The lowest BCUT2D eigenvalue weighted by atomic mass is 10.2. The Hall–Kier alpha value is -4.02. The number of rotatable bonds is 4. The van der Waals surface area contributed by atoms with Crippen LogP contribution in [0.3, 0.4) is 0 Å². The summed E-state index contributed by atoms with van der Waals surface area (Å²) in [4.78, 5) is 42.0. The molecule has 166 valence electrons. The van der Waals surface area contributed by atoms with Gasteiger partial charge < -0.3 is 21.3 Å². The molecule has 0 aliphatic carbocycles. The smallest absolute Gasteiger partial charge is 0.323 e. The second-order valence-corrected chi connectivity index (χ2v) is 7.38. The topological polar surface area (TPSA) is 122 Å². The Labute approximate surface area is 181 Å². The fourth-order valence-electron chi connectivity index (χ4n) is 3.75. The number of benzene rings is 1. The molecule has 1 aliphatic heterocycles. The van der Waals surface area contributed by atoms with E-state index in [0.717, 1.165) is 11.1 Å². The molecular weight excluding hydrogens is 422 g/mol. The predicted octanol–water partition coefficient (Wildman–Crippen LogP) is 2.36. The van der Waals surface area contributed by atoms with E-state index in [-0.39, 0.29) is 25.1 Å². The summed E-state index contributed by atoms with van der Waals surface area (Å²) in [5, 5.41) is 5.73. The number of likely N-dealkylation sites (tertiary alicyclic amines) is 1. The molecule has 3 aromatic rings. The number of anilines is 1. The number of urea groups is 1. The van der Waals surface area contributed by atoms with Crippen LogP contribution < -0.4 is 16.4 Å². The number of carbonyl (C=O) groups is 3. The lowest BCUT2D eigenvalue weighted by molar-refractivity contribution is -0.124. The van der Waals surface area contributed by atoms with Gasteiger partial charge in [-0.25, -0.2) is 18.4 Å². The highest BCUT2D eigenvalue weighted by molar-refractivity contribution is 6.05. The third-order valence-electron chi connectivity index (χ3n) is 5.31. The van der Waals surface area contributed by atoms with Crippen LogP contribution in [-0.2, 0) is 11.3 Å². The highest BCUT2D eigenvalue weighted by Crippen LogP contribution is 2.27. The minimum Gasteiger partial charge on any atom is -0.351 e. The lowest BCUT2D eigenvalue weighted by Gasteiger charge is -2.23. The SMILES string of the molecule is NC(=O)n1cc(NC(=O)N2C[C@H](F)C[C@H]2C(=O)NCc2ccncc2F)c2ccccc21. The number of halogens is 2. The van der Waals surface area contributed by atoms with Gasteiger partial charge in [-0.3, -0.25) is 14.3 Å². The number of aromatic nitrogens is 2. The number of nitrogens with one attached hydrogen (secondary N) is 2. The van der Waals surface area contributed by atoms with E-state index in [4.69, 9.17) is 5.73 Å². The number of nitrogens with two attached hydrogens (primary N) is 1. The van der Waals surface area contributed by atoms with E-state index in [9.17, 15) is 23.2 Å². The van der Waals surface area contributed by atoms with Gasteiger partial charge in [0.1, 0.15) is 18.0 Å². The van der Waals surface area contributed by atoms with Crippen molar-refractivity contribution in [2.24, 2.45) is 5.73 Å². The highest BCUT2D eigenvalue weighted by Gasteiger charge is 2.40. The van der Waals surface area contributed by atoms with Gasteiger partial charge in [-0.15, -0.1) is 0 Å². The van der Waals surface area contributed by atoms with E-state index in [1.807, 2.05) is 0 Å². The van der Waals surface area contributed by atoms with E-state index in [1.165, 1.54) is 23.0 Å². The largest absolute Gasteiger partial charge is 0.351 e. The second-order valence-electron chi connectivity index (χ2n) is 7.38. The summed E-state index contributed by atoms with van der Waals surface area (Å²) in [6.07, 6.45) is 2.22. The molecule has 2 aromatic heterocycles. The van der Waals surface area contributed by atoms with Crippen LogP contribution in [0.1, 0.15) is 12.0 Å². The Morgan fingerprint density at radius 2 is 2.00 bits per heavy atom. The van der Waals surface area contributed by atoms with Crippen LogP contribution >= 0.6 is 0 Å². The van der Waals surface area contributed by atoms with Gasteiger partial charge in [0.15, 0.2) is 0 Å². The number of hydrogen-bond acceptors (Lipinski definition) is 4. The molecule has 11 heteroatoms. The van der Waals surface area contributed by atoms with Gasteiger partial charge in [0.25, 0.3) is 0 Å². The molecule has 0 bridgehead atoms. The van der Waals surface area contributed by atoms with Gasteiger partial charge in [0.05, 0.1) is 23.9 Å². The molecule has 1 fully saturated rings. The average Bonchev–Trinajstić information content (AvgIpc) is 3.34. The molecule has 32 heavy (non-hydrogen) atoms. The normalized spacial score (nSPS) is 18.0. The van der Waals surface area contributed by atoms with Gasteiger partial charge in [-0.1, -0.05) is 18.2 Å². The Morgan fingerprint density at radius 1 is 1.22 bits per heavy atom. The maximum absolute atomic E-state index is 14.1. The van der Waals surface area contributed by atoms with Crippen LogP contribution in [0.4, 0.5) is 24.1 Å². The van der Waals surface area contributed by atoms with Gasteiger partial charge >= 0.3 is 12.1 Å². The molecule has 3 heterocycles. The number of amides is 4. The first-order valence-electron chi connectivity index (χ1n) is 9.83. The molecule has 1 saturated heterocycles. The van der Waals surface area contributed by atoms with E-state index < -0.39 is 36.0 Å². The summed E-state index contributed by atoms with van der Waals surface area (Å²) in [5.74, 6) is -1.18. The van der Waals surface area contributed by atoms with E-state index in [0.29, 0.717) is 16.6 Å². The highest BCUT2D eigenvalue weighted by atomic mass is 19.1. The second kappa shape index (κ2) is 8.61. The van der Waals surface area contributed by atoms with Crippen molar-refractivity contribution >= 4 is 34.6 Å². The molecule has 4 amide bonds. The molecule has 4 rings (SSSR count). The molecule has 9 nitrogen and oxygen atoms in total. The molecule has 2 atom stereocenters. The number of nitrogens with zero attached hydrogens (tertiary/aromatic N) is 3. The summed E-state index contributed by atoms with van der Waals surface area (Å²) >= 11 is 0. The van der Waals surface area contributed by atoms with Crippen molar-refractivity contribution in [2.75, 3.05) is 11.9 Å². The molecular formula is C21H20F2N6O3. The number of para-hydroxylation sites is 1. The van der Waals surface area contributed by atoms with Crippen LogP contribution in [0, 0.1) is 5.82 Å². The minimum atomic E-state index is -1.39. The summed E-state index contributed by atoms with van der Waals surface area (Å²) < 4.78 is 29.0. The summed E-state index contributed by atoms with van der Waals surface area (Å²) in [6, 6.07) is 5.72. The first-order chi connectivity index (χ1) is 15.3. The van der Waals surface area contributed by atoms with E-state index >= 15 is 0 Å². The van der Waals surface area contributed by atoms with Crippen molar-refractivity contribution in [3.05, 3.63) is 60.3 Å². The standard InChI is InChI=1S/C21H20F2N6O3/c22-13-7-18(19(30)26-8-12-5-6-25-9-15(12)23)29(10-13)21(32)27-16-11-28(20(24)31)17-4-2-1-3-14(16)17/h1-6,9,11,13,18H,7-8,10H2,(H2,24,31)(H,26,30)(H,27,32)/t13-,18+/m1/s1. The first kappa shape index (κ1) is 21.2. The van der Waals surface area contributed by atoms with Gasteiger partial charge in [-0.2, -0.15) is 0 Å². The predicted molar refractivity (Wildman–Crippen MR) is 112 cm³/mol. The van der Waals surface area contributed by atoms with Gasteiger partial charge in [-0.05, 0) is 12.1 Å². The fourth-order valence-corrected chi connectivity index (χ4v) is 3.75. The molecule has 4 N–H and O–H groups in total. The van der Waals surface area contributed by atoms with Crippen LogP contribution in [0.5, 0.6) is 0 Å². The lowest BCUT2D eigenvalue weighted by Crippen LogP contribution is -2.47. The maximum Gasteiger partial charge on any atom is 0.323 e. The Bertz CT molecular complexity index is 1200. The molecule has 1 aliphatic rings. The summed E-state index contributed by atoms with van der Waals surface area (Å²) in [7, 11) is 0. The Morgan fingerprint density at radius 3 is 2.75 bits per heavy atom. The molecule has 0 radical (unpaired) electrons. The zero-order valence-electron chi connectivity index (χ0n) is 16.8. The number of fused-ring (bicyclic) bond motifs is 1.